The predicted molar refractivity (Wildman–Crippen MR) is 93.8 cm³/mol. The molecule has 0 aromatic rings. The van der Waals surface area contributed by atoms with E-state index in [1.165, 1.54) is 57.8 Å². The highest BCUT2D eigenvalue weighted by atomic mass is 35.7. The number of halogens is 2. The fraction of sp³-hybridized carbons (Fsp3) is 1.00. The van der Waals surface area contributed by atoms with Gasteiger partial charge in [-0.25, -0.2) is 7.94 Å². The highest BCUT2D eigenvalue weighted by Crippen LogP contribution is 2.48. The second kappa shape index (κ2) is 18.6. The van der Waals surface area contributed by atoms with E-state index in [0.717, 1.165) is 6.42 Å². The molecule has 122 valence electrons. The van der Waals surface area contributed by atoms with Crippen LogP contribution in [-0.4, -0.2) is 6.61 Å². The Morgan fingerprint density at radius 1 is 0.750 bits per heavy atom. The maximum atomic E-state index is 5.40. The average molecular weight is 383 g/mol. The van der Waals surface area contributed by atoms with Gasteiger partial charge in [-0.15, -0.1) is 0 Å². The predicted octanol–water partition coefficient (Wildman–Crippen LogP) is 7.79. The van der Waals surface area contributed by atoms with Gasteiger partial charge < -0.3 is 4.52 Å². The third kappa shape index (κ3) is 16.0. The summed E-state index contributed by atoms with van der Waals surface area (Å²) < 4.78 is 15.3. The van der Waals surface area contributed by atoms with Crippen LogP contribution in [0.15, 0.2) is 0 Å². The summed E-state index contributed by atoms with van der Waals surface area (Å²) in [7, 11) is 9.31. The number of hydrogen-bond donors (Lipinski definition) is 0. The van der Waals surface area contributed by atoms with Crippen LogP contribution >= 0.6 is 52.5 Å². The summed E-state index contributed by atoms with van der Waals surface area (Å²) in [4.78, 5) is 0. The molecule has 0 atom stereocenters. The smallest absolute Gasteiger partial charge is 0.311 e. The zero-order valence-electron chi connectivity index (χ0n) is 12.0. The van der Waals surface area contributed by atoms with E-state index >= 15 is 0 Å². The number of hydrogen-bond acceptors (Lipinski definition) is 5. The lowest BCUT2D eigenvalue weighted by molar-refractivity contribution is 0.275. The van der Waals surface area contributed by atoms with E-state index in [1.807, 2.05) is 0 Å². The Bertz CT molecular complexity index is 190. The molecule has 0 bridgehead atoms. The molecule has 0 aliphatic heterocycles. The molecule has 0 amide bonds. The Kier molecular flexibility index (Phi) is 20.1. The first-order valence-electron chi connectivity index (χ1n) is 7.19. The lowest BCUT2D eigenvalue weighted by Crippen LogP contribution is -1.91. The molecule has 20 heavy (non-hydrogen) atoms. The molecule has 0 aromatic carbocycles. The Morgan fingerprint density at radius 2 is 1.20 bits per heavy atom. The van der Waals surface area contributed by atoms with Crippen LogP contribution in [0.2, 0.25) is 0 Å². The van der Waals surface area contributed by atoms with Crippen molar-refractivity contribution in [3.63, 3.8) is 0 Å². The van der Waals surface area contributed by atoms with Crippen molar-refractivity contribution in [3.05, 3.63) is 0 Å². The van der Waals surface area contributed by atoms with Gasteiger partial charge in [0.1, 0.15) is 22.5 Å². The standard InChI is InChI=1S/C12H25Cl2O3PS2/c1-2-3-4-5-6-7-8-9-10-11-12-15-18(16-19-13)17-20-14/h2-12H2,1H3. The number of rotatable bonds is 16. The summed E-state index contributed by atoms with van der Waals surface area (Å²) in [6.45, 7) is 2.87. The monoisotopic (exact) mass is 382 g/mol. The van der Waals surface area contributed by atoms with Crippen molar-refractivity contribution in [1.29, 1.82) is 0 Å². The highest BCUT2D eigenvalue weighted by Gasteiger charge is 2.13. The van der Waals surface area contributed by atoms with Gasteiger partial charge in [0.2, 0.25) is 0 Å². The first kappa shape index (κ1) is 21.6. The van der Waals surface area contributed by atoms with Crippen LogP contribution in [0.5, 0.6) is 0 Å². The van der Waals surface area contributed by atoms with E-state index in [2.05, 4.69) is 6.92 Å². The second-order valence-electron chi connectivity index (χ2n) is 4.51. The molecular formula is C12H25Cl2O3PS2. The van der Waals surface area contributed by atoms with E-state index < -0.39 is 8.60 Å². The van der Waals surface area contributed by atoms with Gasteiger partial charge in [0.05, 0.1) is 6.61 Å². The summed E-state index contributed by atoms with van der Waals surface area (Å²) in [5.74, 6) is 0. The second-order valence-corrected chi connectivity index (χ2v) is 7.42. The van der Waals surface area contributed by atoms with Crippen molar-refractivity contribution in [2.45, 2.75) is 71.1 Å². The Hall–Kier alpha value is 1.59. The minimum atomic E-state index is -1.44. The van der Waals surface area contributed by atoms with E-state index in [-0.39, 0.29) is 0 Å². The molecule has 0 aromatic heterocycles. The minimum absolute atomic E-state index is 0.622. The Labute approximate surface area is 142 Å². The summed E-state index contributed by atoms with van der Waals surface area (Å²) in [6, 6.07) is 0. The fourth-order valence-corrected chi connectivity index (χ4v) is 3.97. The first-order chi connectivity index (χ1) is 9.85. The van der Waals surface area contributed by atoms with Crippen molar-refractivity contribution in [1.82, 2.24) is 0 Å². The lowest BCUT2D eigenvalue weighted by Gasteiger charge is -2.10. The Morgan fingerprint density at radius 3 is 1.65 bits per heavy atom. The van der Waals surface area contributed by atoms with Crippen LogP contribution < -0.4 is 0 Å². The van der Waals surface area contributed by atoms with Gasteiger partial charge in [-0.05, 0) is 27.8 Å². The van der Waals surface area contributed by atoms with E-state index in [4.69, 9.17) is 33.8 Å². The largest absolute Gasteiger partial charge is 0.359 e. The molecule has 0 unspecified atom stereocenters. The normalized spacial score (nSPS) is 11.4. The third-order valence-corrected chi connectivity index (χ3v) is 5.70. The number of unbranched alkanes of at least 4 members (excludes halogenated alkanes) is 9. The van der Waals surface area contributed by atoms with E-state index in [0.29, 0.717) is 29.1 Å². The highest BCUT2D eigenvalue weighted by molar-refractivity contribution is 8.21. The van der Waals surface area contributed by atoms with Crippen molar-refractivity contribution < 1.29 is 12.5 Å². The summed E-state index contributed by atoms with van der Waals surface area (Å²) in [6.07, 6.45) is 13.0. The van der Waals surface area contributed by atoms with Crippen molar-refractivity contribution in [3.8, 4) is 0 Å². The summed E-state index contributed by atoms with van der Waals surface area (Å²) >= 11 is 1.42. The van der Waals surface area contributed by atoms with Crippen LogP contribution in [0.25, 0.3) is 0 Å². The first-order valence-corrected chi connectivity index (χ1v) is 11.4. The molecular weight excluding hydrogens is 358 g/mol. The van der Waals surface area contributed by atoms with Crippen molar-refractivity contribution in [2.75, 3.05) is 6.61 Å². The van der Waals surface area contributed by atoms with E-state index in [1.54, 1.807) is 0 Å². The van der Waals surface area contributed by atoms with Gasteiger partial charge in [0.15, 0.2) is 0 Å². The third-order valence-electron chi connectivity index (χ3n) is 2.87. The topological polar surface area (TPSA) is 27.7 Å². The molecule has 0 saturated carbocycles. The van der Waals surface area contributed by atoms with Crippen LogP contribution in [0, 0.1) is 0 Å². The molecule has 0 aliphatic carbocycles. The van der Waals surface area contributed by atoms with Crippen molar-refractivity contribution >= 4 is 52.5 Å². The molecule has 0 fully saturated rings. The van der Waals surface area contributed by atoms with Crippen molar-refractivity contribution in [2.24, 2.45) is 0 Å². The SMILES string of the molecule is CCCCCCCCCCCCOP(OSCl)OSCl. The molecule has 0 radical (unpaired) electrons. The maximum Gasteiger partial charge on any atom is 0.359 e. The quantitative estimate of drug-likeness (QED) is 0.154. The maximum absolute atomic E-state index is 5.40. The molecule has 0 spiro atoms. The molecule has 0 saturated heterocycles. The molecule has 8 heteroatoms. The molecule has 0 rings (SSSR count). The minimum Gasteiger partial charge on any atom is -0.311 e. The van der Waals surface area contributed by atoms with Gasteiger partial charge in [-0.2, -0.15) is 0 Å². The van der Waals surface area contributed by atoms with Crippen LogP contribution in [0.1, 0.15) is 71.1 Å². The van der Waals surface area contributed by atoms with Gasteiger partial charge in [-0.3, -0.25) is 0 Å². The van der Waals surface area contributed by atoms with Gasteiger partial charge in [0.25, 0.3) is 0 Å². The van der Waals surface area contributed by atoms with Crippen LogP contribution in [0.4, 0.5) is 0 Å². The Balaban J connectivity index is 3.18. The lowest BCUT2D eigenvalue weighted by atomic mass is 10.1. The van der Waals surface area contributed by atoms with Crippen LogP contribution in [0.3, 0.4) is 0 Å². The van der Waals surface area contributed by atoms with Crippen LogP contribution in [-0.2, 0) is 12.5 Å². The van der Waals surface area contributed by atoms with E-state index in [9.17, 15) is 0 Å². The molecule has 0 heterocycles. The molecule has 0 N–H and O–H groups in total. The van der Waals surface area contributed by atoms with Gasteiger partial charge in [-0.1, -0.05) is 64.7 Å². The van der Waals surface area contributed by atoms with Gasteiger partial charge in [0, 0.05) is 0 Å². The molecule has 3 nitrogen and oxygen atoms in total. The molecule has 0 aliphatic rings. The average Bonchev–Trinajstić information content (AvgIpc) is 2.45. The zero-order valence-corrected chi connectivity index (χ0v) is 16.1. The fourth-order valence-electron chi connectivity index (χ4n) is 1.83. The zero-order chi connectivity index (χ0) is 14.9. The summed E-state index contributed by atoms with van der Waals surface area (Å²) in [5, 5.41) is 0. The summed E-state index contributed by atoms with van der Waals surface area (Å²) in [5.41, 5.74) is 0. The van der Waals surface area contributed by atoms with Gasteiger partial charge >= 0.3 is 8.60 Å².